The summed E-state index contributed by atoms with van der Waals surface area (Å²) < 4.78 is 17.8. The summed E-state index contributed by atoms with van der Waals surface area (Å²) in [4.78, 5) is 15.1. The monoisotopic (exact) mass is 547 g/mol. The lowest BCUT2D eigenvalue weighted by Gasteiger charge is -2.44. The smallest absolute Gasteiger partial charge is 0.311 e. The van der Waals surface area contributed by atoms with E-state index in [0.29, 0.717) is 19.4 Å². The zero-order valence-electron chi connectivity index (χ0n) is 24.7. The first-order valence-electron chi connectivity index (χ1n) is 14.1. The predicted molar refractivity (Wildman–Crippen MR) is 142 cm³/mol. The van der Waals surface area contributed by atoms with E-state index in [0.717, 1.165) is 0 Å². The van der Waals surface area contributed by atoms with E-state index in [9.17, 15) is 30.3 Å². The number of rotatable bonds is 3. The average molecular weight is 548 g/mol. The van der Waals surface area contributed by atoms with Gasteiger partial charge in [-0.3, -0.25) is 4.79 Å². The number of ether oxygens (including phenoxy) is 3. The molecule has 10 heteroatoms. The zero-order valence-corrected chi connectivity index (χ0v) is 24.7. The highest BCUT2D eigenvalue weighted by Crippen LogP contribution is 2.36. The number of carbonyl (C=O) groups is 1. The summed E-state index contributed by atoms with van der Waals surface area (Å²) in [5, 5.41) is 56.0. The first-order valence-corrected chi connectivity index (χ1v) is 14.1. The number of nitrogens with zero attached hydrogens (tertiary/aromatic N) is 1. The molecule has 0 aromatic rings. The number of esters is 1. The molecule has 0 spiro atoms. The molecule has 38 heavy (non-hydrogen) atoms. The van der Waals surface area contributed by atoms with Crippen LogP contribution in [0.5, 0.6) is 0 Å². The Morgan fingerprint density at radius 3 is 2.24 bits per heavy atom. The van der Waals surface area contributed by atoms with Crippen molar-refractivity contribution in [1.82, 2.24) is 4.90 Å². The molecule has 0 aliphatic carbocycles. The molecule has 10 nitrogen and oxygen atoms in total. The van der Waals surface area contributed by atoms with Crippen LogP contribution in [0.4, 0.5) is 0 Å². The quantitative estimate of drug-likeness (QED) is 0.329. The van der Waals surface area contributed by atoms with Crippen molar-refractivity contribution in [1.29, 1.82) is 0 Å². The lowest BCUT2D eigenvalue weighted by Crippen LogP contribution is -2.59. The normalized spacial score (nSPS) is 49.1. The highest BCUT2D eigenvalue weighted by atomic mass is 16.7. The van der Waals surface area contributed by atoms with Gasteiger partial charge in [0.05, 0.1) is 29.8 Å². The van der Waals surface area contributed by atoms with Crippen LogP contribution in [-0.2, 0) is 19.0 Å². The third-order valence-corrected chi connectivity index (χ3v) is 8.74. The van der Waals surface area contributed by atoms with Gasteiger partial charge in [0.1, 0.15) is 23.9 Å². The van der Waals surface area contributed by atoms with E-state index < -0.39 is 71.9 Å². The van der Waals surface area contributed by atoms with Crippen LogP contribution in [-0.4, -0.2) is 110 Å². The Morgan fingerprint density at radius 2 is 1.66 bits per heavy atom. The van der Waals surface area contributed by atoms with Gasteiger partial charge in [0.25, 0.3) is 0 Å². The van der Waals surface area contributed by atoms with Crippen LogP contribution >= 0.6 is 0 Å². The van der Waals surface area contributed by atoms with Crippen LogP contribution in [0.15, 0.2) is 0 Å². The molecule has 0 aromatic heterocycles. The number of hydrogen-bond donors (Lipinski definition) is 5. The molecule has 2 fully saturated rings. The highest BCUT2D eigenvalue weighted by molar-refractivity contribution is 5.73. The second-order valence-corrected chi connectivity index (χ2v) is 12.5. The number of carbonyl (C=O) groups excluding carboxylic acids is 1. The van der Waals surface area contributed by atoms with E-state index in [1.165, 1.54) is 13.8 Å². The van der Waals surface area contributed by atoms with Crippen LogP contribution in [0.25, 0.3) is 0 Å². The molecule has 0 saturated carbocycles. The molecular formula is C28H53NO9. The van der Waals surface area contributed by atoms with Crippen LogP contribution in [0.1, 0.15) is 81.1 Å². The average Bonchev–Trinajstić information content (AvgIpc) is 2.83. The molecule has 224 valence electrons. The number of cyclic esters (lactones) is 1. The summed E-state index contributed by atoms with van der Waals surface area (Å²) in [7, 11) is 1.83. The standard InChI is InChI=1S/C28H53NO9/c1-10-21-28(8,35)23(32)19(6)29(9)14-15(2)13-27(7,34)24(17(4)22(31)18(5)25(33)37-21)38-26-20(30)12-11-16(3)36-26/h15-24,26,30-32,34-35H,10-14H2,1-9H3/t15-,16-,17+,18-,19-,20-,21-,22+,23-,24-,26+,27-,28-/m1/s1. The minimum atomic E-state index is -1.74. The SMILES string of the molecule is CC[C@H]1OC(=O)[C@H](C)[C@@H](O)[C@H](C)[C@@H](O[C@@H]2O[C@H](C)CC[C@H]2O)[C@](C)(O)C[C@@H](C)CN(C)[C@H](C)[C@@H](O)[C@]1(C)O. The Kier molecular flexibility index (Phi) is 11.6. The molecule has 5 N–H and O–H groups in total. The molecule has 0 amide bonds. The lowest BCUT2D eigenvalue weighted by atomic mass is 9.78. The van der Waals surface area contributed by atoms with Gasteiger partial charge in [0.15, 0.2) is 6.29 Å². The summed E-state index contributed by atoms with van der Waals surface area (Å²) in [6.45, 7) is 14.2. The van der Waals surface area contributed by atoms with Crippen LogP contribution < -0.4 is 0 Å². The number of hydrogen-bond acceptors (Lipinski definition) is 10. The molecule has 0 bridgehead atoms. The molecule has 0 aromatic carbocycles. The molecule has 13 atom stereocenters. The van der Waals surface area contributed by atoms with E-state index >= 15 is 0 Å². The number of aliphatic hydroxyl groups is 5. The minimum Gasteiger partial charge on any atom is -0.459 e. The van der Waals surface area contributed by atoms with Crippen LogP contribution in [0.2, 0.25) is 0 Å². The van der Waals surface area contributed by atoms with Gasteiger partial charge in [-0.1, -0.05) is 20.8 Å². The van der Waals surface area contributed by atoms with Crippen molar-refractivity contribution in [2.45, 2.75) is 141 Å². The van der Waals surface area contributed by atoms with Gasteiger partial charge < -0.3 is 44.6 Å². The molecule has 2 aliphatic heterocycles. The van der Waals surface area contributed by atoms with Gasteiger partial charge in [-0.25, -0.2) is 0 Å². The topological polar surface area (TPSA) is 149 Å². The summed E-state index contributed by atoms with van der Waals surface area (Å²) in [5.41, 5.74) is -3.20. The molecule has 0 radical (unpaired) electrons. The van der Waals surface area contributed by atoms with E-state index in [2.05, 4.69) is 0 Å². The fraction of sp³-hybridized carbons (Fsp3) is 0.964. The van der Waals surface area contributed by atoms with Gasteiger partial charge >= 0.3 is 5.97 Å². The van der Waals surface area contributed by atoms with Gasteiger partial charge in [0, 0.05) is 18.5 Å². The maximum absolute atomic E-state index is 13.2. The second kappa shape index (κ2) is 13.2. The summed E-state index contributed by atoms with van der Waals surface area (Å²) in [5.74, 6) is -2.58. The Morgan fingerprint density at radius 1 is 1.05 bits per heavy atom. The lowest BCUT2D eigenvalue weighted by molar-refractivity contribution is -0.289. The molecule has 2 rings (SSSR count). The molecule has 2 aliphatic rings. The Balaban J connectivity index is 2.49. The van der Waals surface area contributed by atoms with Gasteiger partial charge in [-0.2, -0.15) is 0 Å². The van der Waals surface area contributed by atoms with Crippen molar-refractivity contribution >= 4 is 5.97 Å². The number of aliphatic hydroxyl groups excluding tert-OH is 3. The van der Waals surface area contributed by atoms with Gasteiger partial charge in [0.2, 0.25) is 0 Å². The Hall–Kier alpha value is -0.850. The Labute approximate surface area is 228 Å². The van der Waals surface area contributed by atoms with Gasteiger partial charge in [-0.05, 0) is 73.3 Å². The van der Waals surface area contributed by atoms with Crippen molar-refractivity contribution < 1.29 is 44.5 Å². The number of likely N-dealkylation sites (N-methyl/N-ethyl adjacent to an activating group) is 1. The Bertz CT molecular complexity index is 763. The van der Waals surface area contributed by atoms with E-state index in [1.54, 1.807) is 27.7 Å². The van der Waals surface area contributed by atoms with Crippen LogP contribution in [0.3, 0.4) is 0 Å². The van der Waals surface area contributed by atoms with Crippen molar-refractivity contribution in [3.05, 3.63) is 0 Å². The van der Waals surface area contributed by atoms with E-state index in [-0.39, 0.29) is 24.9 Å². The van der Waals surface area contributed by atoms with Crippen molar-refractivity contribution in [3.8, 4) is 0 Å². The summed E-state index contributed by atoms with van der Waals surface area (Å²) in [6.07, 6.45) is -4.80. The third-order valence-electron chi connectivity index (χ3n) is 8.74. The van der Waals surface area contributed by atoms with E-state index in [1.807, 2.05) is 25.8 Å². The fourth-order valence-electron chi connectivity index (χ4n) is 6.13. The first kappa shape index (κ1) is 33.4. The van der Waals surface area contributed by atoms with Crippen molar-refractivity contribution in [3.63, 3.8) is 0 Å². The van der Waals surface area contributed by atoms with E-state index in [4.69, 9.17) is 14.2 Å². The molecule has 0 unspecified atom stereocenters. The molecule has 2 saturated heterocycles. The summed E-state index contributed by atoms with van der Waals surface area (Å²) in [6, 6.07) is -0.489. The molecule has 2 heterocycles. The molecular weight excluding hydrogens is 494 g/mol. The first-order chi connectivity index (χ1) is 17.4. The third kappa shape index (κ3) is 7.66. The maximum Gasteiger partial charge on any atom is 0.311 e. The largest absolute Gasteiger partial charge is 0.459 e. The minimum absolute atomic E-state index is 0.0800. The second-order valence-electron chi connectivity index (χ2n) is 12.5. The summed E-state index contributed by atoms with van der Waals surface area (Å²) >= 11 is 0. The maximum atomic E-state index is 13.2. The zero-order chi connectivity index (χ0) is 29.2. The van der Waals surface area contributed by atoms with Crippen molar-refractivity contribution in [2.24, 2.45) is 17.8 Å². The van der Waals surface area contributed by atoms with Crippen molar-refractivity contribution in [2.75, 3.05) is 13.6 Å². The predicted octanol–water partition coefficient (Wildman–Crippen LogP) is 1.44. The highest BCUT2D eigenvalue weighted by Gasteiger charge is 2.48. The fourth-order valence-corrected chi connectivity index (χ4v) is 6.13. The van der Waals surface area contributed by atoms with Crippen LogP contribution in [0, 0.1) is 17.8 Å². The van der Waals surface area contributed by atoms with Gasteiger partial charge in [-0.15, -0.1) is 0 Å².